The number of fused-ring (bicyclic) bond motifs is 2. The molecule has 0 N–H and O–H groups in total. The third-order valence-corrected chi connectivity index (χ3v) is 7.01. The third-order valence-electron chi connectivity index (χ3n) is 7.01. The van der Waals surface area contributed by atoms with Crippen LogP contribution in [0.5, 0.6) is 23.0 Å². The first-order valence-corrected chi connectivity index (χ1v) is 14.6. The van der Waals surface area contributed by atoms with Gasteiger partial charge in [-0.3, -0.25) is 0 Å². The zero-order chi connectivity index (χ0) is 34.2. The lowest BCUT2D eigenvalue weighted by molar-refractivity contribution is -0.145. The van der Waals surface area contributed by atoms with Gasteiger partial charge >= 0.3 is 23.9 Å². The Kier molecular flexibility index (Phi) is 10.1. The van der Waals surface area contributed by atoms with E-state index in [0.717, 1.165) is 27.6 Å². The maximum atomic E-state index is 13.0. The summed E-state index contributed by atoms with van der Waals surface area (Å²) in [5.74, 6) is -0.652. The summed E-state index contributed by atoms with van der Waals surface area (Å²) >= 11 is 0. The van der Waals surface area contributed by atoms with Gasteiger partial charge in [-0.2, -0.15) is 0 Å². The second-order valence-corrected chi connectivity index (χ2v) is 10.6. The Morgan fingerprint density at radius 2 is 1.12 bits per heavy atom. The molecule has 0 spiro atoms. The largest absolute Gasteiger partial charge is 0.457 e. The van der Waals surface area contributed by atoms with Crippen LogP contribution in [0, 0.1) is 6.92 Å². The molecule has 0 saturated heterocycles. The number of hydrogen-bond donors (Lipinski definition) is 0. The summed E-state index contributed by atoms with van der Waals surface area (Å²) in [6.45, 7) is 9.64. The molecule has 0 unspecified atom stereocenters. The van der Waals surface area contributed by atoms with E-state index in [9.17, 15) is 19.2 Å². The van der Waals surface area contributed by atoms with Gasteiger partial charge in [-0.1, -0.05) is 37.4 Å². The molecule has 5 rings (SSSR count). The van der Waals surface area contributed by atoms with Crippen molar-refractivity contribution in [2.45, 2.75) is 13.8 Å². The third kappa shape index (κ3) is 8.24. The van der Waals surface area contributed by atoms with Gasteiger partial charge in [0, 0.05) is 11.6 Å². The van der Waals surface area contributed by atoms with Crippen LogP contribution in [0.4, 0.5) is 0 Å². The Bertz CT molecular complexity index is 2080. The number of carbonyl (C=O) groups is 4. The van der Waals surface area contributed by atoms with Crippen LogP contribution >= 0.6 is 0 Å². The van der Waals surface area contributed by atoms with E-state index in [1.807, 2.05) is 0 Å². The standard InChI is InChI=1S/C38H30O10/c1-5-35(39)45-21-43-31-12-10-25-17-29(8-6-27(25)19-31)37(41)47-33-14-15-34(24(4)16-33)48-38(42)30-9-7-28-20-32(13-11-26(28)18-30)44-22-46-36(40)23(2)3/h5-20H,1-2,21-22H2,3-4H3. The summed E-state index contributed by atoms with van der Waals surface area (Å²) < 4.78 is 31.9. The molecule has 0 aromatic heterocycles. The van der Waals surface area contributed by atoms with Gasteiger partial charge in [0.05, 0.1) is 11.1 Å². The van der Waals surface area contributed by atoms with Crippen LogP contribution in [0.3, 0.4) is 0 Å². The number of esters is 4. The molecule has 10 heteroatoms. The van der Waals surface area contributed by atoms with Gasteiger partial charge in [-0.25, -0.2) is 19.2 Å². The first-order chi connectivity index (χ1) is 23.1. The van der Waals surface area contributed by atoms with Crippen LogP contribution in [0.2, 0.25) is 0 Å². The minimum Gasteiger partial charge on any atom is -0.457 e. The number of hydrogen-bond acceptors (Lipinski definition) is 10. The van der Waals surface area contributed by atoms with Crippen molar-refractivity contribution in [3.05, 3.63) is 132 Å². The van der Waals surface area contributed by atoms with E-state index in [1.165, 1.54) is 0 Å². The molecular formula is C38H30O10. The molecule has 5 aromatic carbocycles. The second kappa shape index (κ2) is 14.8. The molecule has 0 aliphatic carbocycles. The average Bonchev–Trinajstić information content (AvgIpc) is 3.08. The number of carbonyl (C=O) groups excluding carboxylic acids is 4. The monoisotopic (exact) mass is 646 g/mol. The van der Waals surface area contributed by atoms with Crippen molar-refractivity contribution in [1.82, 2.24) is 0 Å². The molecule has 0 heterocycles. The van der Waals surface area contributed by atoms with Crippen LogP contribution in [0.15, 0.2) is 116 Å². The summed E-state index contributed by atoms with van der Waals surface area (Å²) in [7, 11) is 0. The highest BCUT2D eigenvalue weighted by atomic mass is 16.7. The van der Waals surface area contributed by atoms with E-state index in [-0.39, 0.29) is 24.9 Å². The molecule has 0 fully saturated rings. The minimum absolute atomic E-state index is 0.250. The van der Waals surface area contributed by atoms with Gasteiger partial charge < -0.3 is 28.4 Å². The topological polar surface area (TPSA) is 124 Å². The lowest BCUT2D eigenvalue weighted by Crippen LogP contribution is -2.11. The normalized spacial score (nSPS) is 10.5. The van der Waals surface area contributed by atoms with E-state index >= 15 is 0 Å². The van der Waals surface area contributed by atoms with Crippen molar-refractivity contribution >= 4 is 45.4 Å². The lowest BCUT2D eigenvalue weighted by atomic mass is 10.1. The molecular weight excluding hydrogens is 616 g/mol. The van der Waals surface area contributed by atoms with Crippen molar-refractivity contribution in [1.29, 1.82) is 0 Å². The molecule has 0 saturated carbocycles. The predicted molar refractivity (Wildman–Crippen MR) is 177 cm³/mol. The van der Waals surface area contributed by atoms with Crippen LogP contribution in [0.25, 0.3) is 21.5 Å². The van der Waals surface area contributed by atoms with Gasteiger partial charge in [0.15, 0.2) is 0 Å². The molecule has 5 aromatic rings. The minimum atomic E-state index is -0.586. The molecule has 0 aliphatic heterocycles. The first kappa shape index (κ1) is 33.0. The Morgan fingerprint density at radius 3 is 1.67 bits per heavy atom. The van der Waals surface area contributed by atoms with Crippen molar-refractivity contribution < 1.29 is 47.6 Å². The Hall–Kier alpha value is -6.42. The molecule has 0 atom stereocenters. The molecule has 242 valence electrons. The average molecular weight is 647 g/mol. The maximum absolute atomic E-state index is 13.0. The summed E-state index contributed by atoms with van der Waals surface area (Å²) in [6, 6.07) is 25.4. The molecule has 0 bridgehead atoms. The highest BCUT2D eigenvalue weighted by molar-refractivity contribution is 5.98. The summed E-state index contributed by atoms with van der Waals surface area (Å²) in [5, 5.41) is 3.18. The van der Waals surface area contributed by atoms with Crippen LogP contribution in [-0.2, 0) is 19.1 Å². The van der Waals surface area contributed by atoms with Gasteiger partial charge in [0.1, 0.15) is 23.0 Å². The molecule has 48 heavy (non-hydrogen) atoms. The molecule has 0 aliphatic rings. The van der Waals surface area contributed by atoms with E-state index in [4.69, 9.17) is 28.4 Å². The highest BCUT2D eigenvalue weighted by Gasteiger charge is 2.15. The SMILES string of the molecule is C=CC(=O)OCOc1ccc2cc(C(=O)Oc3ccc(OC(=O)c4ccc5cc(OCOC(=O)C(=C)C)ccc5c4)c(C)c3)ccc2c1. The van der Waals surface area contributed by atoms with Gasteiger partial charge in [0.25, 0.3) is 0 Å². The zero-order valence-electron chi connectivity index (χ0n) is 26.1. The number of aryl methyl sites for hydroxylation is 1. The number of rotatable bonds is 12. The summed E-state index contributed by atoms with van der Waals surface area (Å²) in [5.41, 5.74) is 1.55. The smallest absolute Gasteiger partial charge is 0.343 e. The predicted octanol–water partition coefficient (Wildman–Crippen LogP) is 7.26. The Labute approximate surface area is 275 Å². The summed E-state index contributed by atoms with van der Waals surface area (Å²) in [6.07, 6.45) is 1.05. The van der Waals surface area contributed by atoms with Gasteiger partial charge in [-0.15, -0.1) is 0 Å². The fourth-order valence-electron chi connectivity index (χ4n) is 4.49. The Morgan fingerprint density at radius 1 is 0.625 bits per heavy atom. The molecule has 0 radical (unpaired) electrons. The lowest BCUT2D eigenvalue weighted by Gasteiger charge is -2.11. The fourth-order valence-corrected chi connectivity index (χ4v) is 4.49. The van der Waals surface area contributed by atoms with Crippen molar-refractivity contribution in [2.75, 3.05) is 13.6 Å². The van der Waals surface area contributed by atoms with E-state index in [1.54, 1.807) is 105 Å². The van der Waals surface area contributed by atoms with Crippen LogP contribution in [-0.4, -0.2) is 37.5 Å². The molecule has 0 amide bonds. The summed E-state index contributed by atoms with van der Waals surface area (Å²) in [4.78, 5) is 48.6. The van der Waals surface area contributed by atoms with Crippen molar-refractivity contribution in [2.24, 2.45) is 0 Å². The van der Waals surface area contributed by atoms with Gasteiger partial charge in [-0.05, 0) is 108 Å². The molecule has 10 nitrogen and oxygen atoms in total. The van der Waals surface area contributed by atoms with Crippen molar-refractivity contribution in [3.63, 3.8) is 0 Å². The maximum Gasteiger partial charge on any atom is 0.343 e. The van der Waals surface area contributed by atoms with Crippen LogP contribution < -0.4 is 18.9 Å². The second-order valence-electron chi connectivity index (χ2n) is 10.6. The first-order valence-electron chi connectivity index (χ1n) is 14.6. The van der Waals surface area contributed by atoms with E-state index in [0.29, 0.717) is 33.9 Å². The number of ether oxygens (including phenoxy) is 6. The zero-order valence-corrected chi connectivity index (χ0v) is 26.1. The van der Waals surface area contributed by atoms with Crippen molar-refractivity contribution in [3.8, 4) is 23.0 Å². The Balaban J connectivity index is 1.18. The quantitative estimate of drug-likeness (QED) is 0.0592. The van der Waals surface area contributed by atoms with Crippen LogP contribution in [0.1, 0.15) is 33.2 Å². The highest BCUT2D eigenvalue weighted by Crippen LogP contribution is 2.28. The number of benzene rings is 5. The van der Waals surface area contributed by atoms with E-state index in [2.05, 4.69) is 13.2 Å². The fraction of sp³-hybridized carbons (Fsp3) is 0.105. The van der Waals surface area contributed by atoms with E-state index < -0.39 is 23.9 Å². The van der Waals surface area contributed by atoms with Gasteiger partial charge in [0.2, 0.25) is 13.6 Å².